The van der Waals surface area contributed by atoms with Gasteiger partial charge in [-0.25, -0.2) is 0 Å². The summed E-state index contributed by atoms with van der Waals surface area (Å²) in [4.78, 5) is 10.7. The summed E-state index contributed by atoms with van der Waals surface area (Å²) < 4.78 is 10.9. The highest BCUT2D eigenvalue weighted by atomic mass is 16.5. The van der Waals surface area contributed by atoms with E-state index in [-0.39, 0.29) is 5.92 Å². The highest BCUT2D eigenvalue weighted by Gasteiger charge is 2.09. The van der Waals surface area contributed by atoms with Crippen LogP contribution in [0.2, 0.25) is 0 Å². The van der Waals surface area contributed by atoms with E-state index in [9.17, 15) is 4.79 Å². The second-order valence-corrected chi connectivity index (χ2v) is 3.50. The third-order valence-corrected chi connectivity index (χ3v) is 2.30. The van der Waals surface area contributed by atoms with Crippen LogP contribution in [0.15, 0.2) is 18.2 Å². The maximum atomic E-state index is 10.7. The molecule has 0 aliphatic heterocycles. The molecule has 1 unspecified atom stereocenters. The highest BCUT2D eigenvalue weighted by molar-refractivity contribution is 5.62. The van der Waals surface area contributed by atoms with Crippen molar-refractivity contribution in [2.45, 2.75) is 26.7 Å². The first-order valence-electron chi connectivity index (χ1n) is 5.57. The van der Waals surface area contributed by atoms with E-state index in [2.05, 4.69) is 0 Å². The molecule has 1 aromatic rings. The molecule has 0 spiro atoms. The molecule has 0 aromatic heterocycles. The van der Waals surface area contributed by atoms with Crippen molar-refractivity contribution in [1.82, 2.24) is 0 Å². The number of rotatable bonds is 6. The van der Waals surface area contributed by atoms with Crippen molar-refractivity contribution in [3.63, 3.8) is 0 Å². The fraction of sp³-hybridized carbons (Fsp3) is 0.462. The maximum Gasteiger partial charge on any atom is 0.161 e. The Morgan fingerprint density at radius 1 is 1.19 bits per heavy atom. The SMILES string of the molecule is CCOc1ccc(C(C)C=O)cc1OCC. The Balaban J connectivity index is 3.01. The Bertz CT molecular complexity index is 347. The van der Waals surface area contributed by atoms with Crippen molar-refractivity contribution in [1.29, 1.82) is 0 Å². The molecule has 0 N–H and O–H groups in total. The topological polar surface area (TPSA) is 35.5 Å². The molecule has 1 atom stereocenters. The first-order chi connectivity index (χ1) is 7.72. The van der Waals surface area contributed by atoms with Crippen molar-refractivity contribution < 1.29 is 14.3 Å². The van der Waals surface area contributed by atoms with Gasteiger partial charge in [-0.2, -0.15) is 0 Å². The quantitative estimate of drug-likeness (QED) is 0.694. The van der Waals surface area contributed by atoms with E-state index in [0.29, 0.717) is 19.0 Å². The molecule has 1 aromatic carbocycles. The van der Waals surface area contributed by atoms with Crippen LogP contribution in [0.4, 0.5) is 0 Å². The predicted molar refractivity (Wildman–Crippen MR) is 63.3 cm³/mol. The molecule has 0 radical (unpaired) electrons. The zero-order valence-corrected chi connectivity index (χ0v) is 10.0. The standard InChI is InChI=1S/C13H18O3/c1-4-15-12-7-6-11(10(3)9-14)8-13(12)16-5-2/h6-10H,4-5H2,1-3H3. The van der Waals surface area contributed by atoms with E-state index in [1.54, 1.807) is 0 Å². The normalized spacial score (nSPS) is 11.9. The smallest absolute Gasteiger partial charge is 0.161 e. The zero-order valence-electron chi connectivity index (χ0n) is 10.0. The molecular weight excluding hydrogens is 204 g/mol. The van der Waals surface area contributed by atoms with Gasteiger partial charge in [-0.05, 0) is 31.5 Å². The van der Waals surface area contributed by atoms with Crippen LogP contribution in [-0.4, -0.2) is 19.5 Å². The van der Waals surface area contributed by atoms with Gasteiger partial charge in [0.1, 0.15) is 6.29 Å². The summed E-state index contributed by atoms with van der Waals surface area (Å²) in [5.41, 5.74) is 0.946. The van der Waals surface area contributed by atoms with Gasteiger partial charge in [0, 0.05) is 5.92 Å². The van der Waals surface area contributed by atoms with Crippen molar-refractivity contribution >= 4 is 6.29 Å². The lowest BCUT2D eigenvalue weighted by molar-refractivity contribution is -0.108. The minimum Gasteiger partial charge on any atom is -0.490 e. The number of carbonyl (C=O) groups excluding carboxylic acids is 1. The monoisotopic (exact) mass is 222 g/mol. The molecule has 0 aliphatic rings. The Morgan fingerprint density at radius 2 is 1.81 bits per heavy atom. The predicted octanol–water partition coefficient (Wildman–Crippen LogP) is 2.79. The fourth-order valence-electron chi connectivity index (χ4n) is 1.43. The molecule has 0 bridgehead atoms. The van der Waals surface area contributed by atoms with Gasteiger partial charge < -0.3 is 14.3 Å². The minimum absolute atomic E-state index is 0.116. The lowest BCUT2D eigenvalue weighted by Crippen LogP contribution is -2.01. The number of ether oxygens (including phenoxy) is 2. The molecule has 1 rings (SSSR count). The van der Waals surface area contributed by atoms with Gasteiger partial charge in [-0.1, -0.05) is 13.0 Å². The zero-order chi connectivity index (χ0) is 12.0. The van der Waals surface area contributed by atoms with Crippen LogP contribution in [0, 0.1) is 0 Å². The molecule has 3 nitrogen and oxygen atoms in total. The molecule has 0 saturated carbocycles. The second kappa shape index (κ2) is 6.16. The van der Waals surface area contributed by atoms with E-state index in [0.717, 1.165) is 17.6 Å². The van der Waals surface area contributed by atoms with Crippen LogP contribution in [0.3, 0.4) is 0 Å². The van der Waals surface area contributed by atoms with E-state index in [1.807, 2.05) is 39.0 Å². The van der Waals surface area contributed by atoms with Gasteiger partial charge in [0.15, 0.2) is 11.5 Å². The van der Waals surface area contributed by atoms with Crippen LogP contribution in [-0.2, 0) is 4.79 Å². The minimum atomic E-state index is -0.116. The number of benzene rings is 1. The summed E-state index contributed by atoms with van der Waals surface area (Å²) in [6.07, 6.45) is 0.922. The molecule has 0 aliphatic carbocycles. The Hall–Kier alpha value is -1.51. The summed E-state index contributed by atoms with van der Waals surface area (Å²) in [5, 5.41) is 0. The summed E-state index contributed by atoms with van der Waals surface area (Å²) in [6.45, 7) is 6.89. The summed E-state index contributed by atoms with van der Waals surface area (Å²) >= 11 is 0. The number of hydrogen-bond donors (Lipinski definition) is 0. The molecule has 0 fully saturated rings. The van der Waals surface area contributed by atoms with E-state index in [1.165, 1.54) is 0 Å². The summed E-state index contributed by atoms with van der Waals surface area (Å²) in [5.74, 6) is 1.32. The Labute approximate surface area is 96.4 Å². The van der Waals surface area contributed by atoms with Gasteiger partial charge in [0.25, 0.3) is 0 Å². The van der Waals surface area contributed by atoms with Crippen molar-refractivity contribution in [2.24, 2.45) is 0 Å². The van der Waals surface area contributed by atoms with Crippen molar-refractivity contribution in [3.8, 4) is 11.5 Å². The Kier molecular flexibility index (Phi) is 4.83. The van der Waals surface area contributed by atoms with Gasteiger partial charge >= 0.3 is 0 Å². The molecule has 0 saturated heterocycles. The summed E-state index contributed by atoms with van der Waals surface area (Å²) in [7, 11) is 0. The van der Waals surface area contributed by atoms with Crippen LogP contribution in [0.25, 0.3) is 0 Å². The Morgan fingerprint density at radius 3 is 2.38 bits per heavy atom. The van der Waals surface area contributed by atoms with Crippen LogP contribution in [0.5, 0.6) is 11.5 Å². The van der Waals surface area contributed by atoms with Gasteiger partial charge in [0.2, 0.25) is 0 Å². The fourth-order valence-corrected chi connectivity index (χ4v) is 1.43. The third-order valence-electron chi connectivity index (χ3n) is 2.30. The number of carbonyl (C=O) groups is 1. The molecule has 3 heteroatoms. The first kappa shape index (κ1) is 12.6. The van der Waals surface area contributed by atoms with E-state index in [4.69, 9.17) is 9.47 Å². The largest absolute Gasteiger partial charge is 0.490 e. The lowest BCUT2D eigenvalue weighted by atomic mass is 10.0. The first-order valence-corrected chi connectivity index (χ1v) is 5.57. The molecular formula is C13H18O3. The lowest BCUT2D eigenvalue weighted by Gasteiger charge is -2.13. The average Bonchev–Trinajstić information content (AvgIpc) is 2.31. The second-order valence-electron chi connectivity index (χ2n) is 3.50. The summed E-state index contributed by atoms with van der Waals surface area (Å²) in [6, 6.07) is 5.62. The average molecular weight is 222 g/mol. The van der Waals surface area contributed by atoms with Crippen molar-refractivity contribution in [3.05, 3.63) is 23.8 Å². The van der Waals surface area contributed by atoms with Gasteiger partial charge in [0.05, 0.1) is 13.2 Å². The number of hydrogen-bond acceptors (Lipinski definition) is 3. The molecule has 16 heavy (non-hydrogen) atoms. The van der Waals surface area contributed by atoms with E-state index < -0.39 is 0 Å². The van der Waals surface area contributed by atoms with E-state index >= 15 is 0 Å². The highest BCUT2D eigenvalue weighted by Crippen LogP contribution is 2.30. The van der Waals surface area contributed by atoms with Crippen LogP contribution < -0.4 is 9.47 Å². The maximum absolute atomic E-state index is 10.7. The van der Waals surface area contributed by atoms with Crippen LogP contribution in [0.1, 0.15) is 32.3 Å². The van der Waals surface area contributed by atoms with Gasteiger partial charge in [-0.3, -0.25) is 0 Å². The molecule has 0 heterocycles. The number of aldehydes is 1. The molecule has 88 valence electrons. The third kappa shape index (κ3) is 2.99. The van der Waals surface area contributed by atoms with Gasteiger partial charge in [-0.15, -0.1) is 0 Å². The molecule has 0 amide bonds. The van der Waals surface area contributed by atoms with Crippen LogP contribution >= 0.6 is 0 Å². The van der Waals surface area contributed by atoms with Crippen molar-refractivity contribution in [2.75, 3.05) is 13.2 Å².